The first-order valence-corrected chi connectivity index (χ1v) is 5.51. The summed E-state index contributed by atoms with van der Waals surface area (Å²) in [5.41, 5.74) is 0. The molecule has 16 heavy (non-hydrogen) atoms. The number of halogens is 2. The van der Waals surface area contributed by atoms with Crippen molar-refractivity contribution in [1.82, 2.24) is 4.90 Å². The van der Waals surface area contributed by atoms with Gasteiger partial charge in [-0.3, -0.25) is 4.90 Å². The molecule has 0 aromatic heterocycles. The van der Waals surface area contributed by atoms with Gasteiger partial charge in [-0.2, -0.15) is 0 Å². The molecule has 0 saturated carbocycles. The molecule has 1 aromatic carbocycles. The molecule has 0 spiro atoms. The molecular formula is C11H13ClFNO2. The van der Waals surface area contributed by atoms with Crippen molar-refractivity contribution >= 4 is 11.6 Å². The van der Waals surface area contributed by atoms with Crippen LogP contribution in [0.4, 0.5) is 4.39 Å². The molecule has 1 fully saturated rings. The molecular weight excluding hydrogens is 233 g/mol. The number of morpholine rings is 1. The molecule has 0 N–H and O–H groups in total. The Morgan fingerprint density at radius 2 is 2.12 bits per heavy atom. The number of nitrogens with zero attached hydrogens (tertiary/aromatic N) is 1. The molecule has 0 atom stereocenters. The van der Waals surface area contributed by atoms with Crippen molar-refractivity contribution in [3.63, 3.8) is 0 Å². The van der Waals surface area contributed by atoms with Crippen LogP contribution in [0.15, 0.2) is 18.2 Å². The van der Waals surface area contributed by atoms with Crippen LogP contribution < -0.4 is 4.74 Å². The summed E-state index contributed by atoms with van der Waals surface area (Å²) in [6.07, 6.45) is 0. The van der Waals surface area contributed by atoms with Gasteiger partial charge in [0.15, 0.2) is 0 Å². The van der Waals surface area contributed by atoms with E-state index >= 15 is 0 Å². The second-order valence-electron chi connectivity index (χ2n) is 3.58. The summed E-state index contributed by atoms with van der Waals surface area (Å²) in [5.74, 6) is 0.151. The first-order chi connectivity index (χ1) is 7.75. The summed E-state index contributed by atoms with van der Waals surface area (Å²) in [7, 11) is 0. The van der Waals surface area contributed by atoms with Crippen LogP contribution in [0.1, 0.15) is 0 Å². The van der Waals surface area contributed by atoms with E-state index in [1.165, 1.54) is 18.2 Å². The van der Waals surface area contributed by atoms with Gasteiger partial charge in [0.2, 0.25) is 0 Å². The largest absolute Gasteiger partial charge is 0.477 e. The summed E-state index contributed by atoms with van der Waals surface area (Å²) in [6, 6.07) is 4.12. The second kappa shape index (κ2) is 5.48. The number of benzene rings is 1. The SMILES string of the molecule is Fc1ccc(OCN2CCOCC2)c(Cl)c1. The predicted octanol–water partition coefficient (Wildman–Crippen LogP) is 2.15. The number of rotatable bonds is 3. The number of hydrogen-bond acceptors (Lipinski definition) is 3. The zero-order valence-electron chi connectivity index (χ0n) is 8.79. The Morgan fingerprint density at radius 1 is 1.38 bits per heavy atom. The lowest BCUT2D eigenvalue weighted by atomic mass is 10.3. The second-order valence-corrected chi connectivity index (χ2v) is 3.99. The summed E-state index contributed by atoms with van der Waals surface area (Å²) >= 11 is 5.84. The lowest BCUT2D eigenvalue weighted by Gasteiger charge is -2.26. The van der Waals surface area contributed by atoms with Crippen molar-refractivity contribution in [3.05, 3.63) is 29.0 Å². The van der Waals surface area contributed by atoms with E-state index in [2.05, 4.69) is 4.90 Å². The Hall–Kier alpha value is -0.840. The molecule has 2 rings (SSSR count). The molecule has 0 bridgehead atoms. The molecule has 1 aliphatic rings. The lowest BCUT2D eigenvalue weighted by Crippen LogP contribution is -2.38. The maximum Gasteiger partial charge on any atom is 0.142 e. The Kier molecular flexibility index (Phi) is 3.98. The highest BCUT2D eigenvalue weighted by Gasteiger charge is 2.11. The van der Waals surface area contributed by atoms with Crippen LogP contribution in [-0.2, 0) is 4.74 Å². The monoisotopic (exact) mass is 245 g/mol. The van der Waals surface area contributed by atoms with Crippen LogP contribution in [0.3, 0.4) is 0 Å². The van der Waals surface area contributed by atoms with Crippen LogP contribution in [0.5, 0.6) is 5.75 Å². The van der Waals surface area contributed by atoms with Crippen molar-refractivity contribution in [3.8, 4) is 5.75 Å². The van der Waals surface area contributed by atoms with Gasteiger partial charge in [-0.15, -0.1) is 0 Å². The standard InChI is InChI=1S/C11H13ClFNO2/c12-10-7-9(13)1-2-11(10)16-8-14-3-5-15-6-4-14/h1-2,7H,3-6,8H2. The van der Waals surface area contributed by atoms with E-state index in [0.717, 1.165) is 26.3 Å². The van der Waals surface area contributed by atoms with Crippen molar-refractivity contribution in [1.29, 1.82) is 0 Å². The van der Waals surface area contributed by atoms with Gasteiger partial charge in [-0.1, -0.05) is 11.6 Å². The third kappa shape index (κ3) is 3.07. The van der Waals surface area contributed by atoms with Crippen molar-refractivity contribution in [2.75, 3.05) is 33.0 Å². The minimum Gasteiger partial charge on any atom is -0.477 e. The van der Waals surface area contributed by atoms with Gasteiger partial charge in [-0.25, -0.2) is 4.39 Å². The Labute approximate surface area is 98.7 Å². The minimum absolute atomic E-state index is 0.299. The molecule has 1 aromatic rings. The summed E-state index contributed by atoms with van der Waals surface area (Å²) in [4.78, 5) is 2.11. The minimum atomic E-state index is -0.358. The molecule has 1 heterocycles. The van der Waals surface area contributed by atoms with Gasteiger partial charge >= 0.3 is 0 Å². The first-order valence-electron chi connectivity index (χ1n) is 5.13. The van der Waals surface area contributed by atoms with Crippen molar-refractivity contribution < 1.29 is 13.9 Å². The summed E-state index contributed by atoms with van der Waals surface area (Å²) in [6.45, 7) is 3.59. The first kappa shape index (κ1) is 11.6. The molecule has 0 radical (unpaired) electrons. The molecule has 5 heteroatoms. The van der Waals surface area contributed by atoms with Gasteiger partial charge in [0, 0.05) is 13.1 Å². The molecule has 3 nitrogen and oxygen atoms in total. The van der Waals surface area contributed by atoms with Gasteiger partial charge in [-0.05, 0) is 18.2 Å². The molecule has 0 unspecified atom stereocenters. The average molecular weight is 246 g/mol. The molecule has 0 aliphatic carbocycles. The number of hydrogen-bond donors (Lipinski definition) is 0. The van der Waals surface area contributed by atoms with E-state index in [1.807, 2.05) is 0 Å². The van der Waals surface area contributed by atoms with Crippen LogP contribution >= 0.6 is 11.6 Å². The van der Waals surface area contributed by atoms with E-state index in [0.29, 0.717) is 17.5 Å². The Morgan fingerprint density at radius 3 is 2.81 bits per heavy atom. The van der Waals surface area contributed by atoms with Crippen LogP contribution in [-0.4, -0.2) is 37.9 Å². The topological polar surface area (TPSA) is 21.7 Å². The van der Waals surface area contributed by atoms with Gasteiger partial charge < -0.3 is 9.47 Å². The molecule has 88 valence electrons. The van der Waals surface area contributed by atoms with E-state index in [1.54, 1.807) is 0 Å². The third-order valence-electron chi connectivity index (χ3n) is 2.40. The highest BCUT2D eigenvalue weighted by atomic mass is 35.5. The Bertz CT molecular complexity index is 356. The Balaban J connectivity index is 1.88. The quantitative estimate of drug-likeness (QED) is 0.815. The highest BCUT2D eigenvalue weighted by molar-refractivity contribution is 6.32. The van der Waals surface area contributed by atoms with E-state index < -0.39 is 0 Å². The fourth-order valence-electron chi connectivity index (χ4n) is 1.48. The van der Waals surface area contributed by atoms with Gasteiger partial charge in [0.05, 0.1) is 18.2 Å². The summed E-state index contributed by atoms with van der Waals surface area (Å²) in [5, 5.41) is 0.299. The van der Waals surface area contributed by atoms with Gasteiger partial charge in [0.25, 0.3) is 0 Å². The van der Waals surface area contributed by atoms with Crippen LogP contribution in [0, 0.1) is 5.82 Å². The van der Waals surface area contributed by atoms with E-state index in [-0.39, 0.29) is 5.82 Å². The predicted molar refractivity (Wildman–Crippen MR) is 59.3 cm³/mol. The van der Waals surface area contributed by atoms with E-state index in [4.69, 9.17) is 21.1 Å². The van der Waals surface area contributed by atoms with E-state index in [9.17, 15) is 4.39 Å². The zero-order chi connectivity index (χ0) is 11.4. The highest BCUT2D eigenvalue weighted by Crippen LogP contribution is 2.24. The third-order valence-corrected chi connectivity index (χ3v) is 2.70. The normalized spacial score (nSPS) is 17.4. The van der Waals surface area contributed by atoms with Crippen LogP contribution in [0.25, 0.3) is 0 Å². The molecule has 1 aliphatic heterocycles. The lowest BCUT2D eigenvalue weighted by molar-refractivity contribution is 0.00408. The molecule has 1 saturated heterocycles. The number of ether oxygens (including phenoxy) is 2. The maximum absolute atomic E-state index is 12.8. The smallest absolute Gasteiger partial charge is 0.142 e. The van der Waals surface area contributed by atoms with Gasteiger partial charge in [0.1, 0.15) is 18.3 Å². The van der Waals surface area contributed by atoms with Crippen LogP contribution in [0.2, 0.25) is 5.02 Å². The zero-order valence-corrected chi connectivity index (χ0v) is 9.54. The fourth-order valence-corrected chi connectivity index (χ4v) is 1.71. The fraction of sp³-hybridized carbons (Fsp3) is 0.455. The van der Waals surface area contributed by atoms with Crippen molar-refractivity contribution in [2.45, 2.75) is 0 Å². The average Bonchev–Trinajstić information content (AvgIpc) is 2.29. The molecule has 0 amide bonds. The van der Waals surface area contributed by atoms with Crippen molar-refractivity contribution in [2.24, 2.45) is 0 Å². The summed E-state index contributed by atoms with van der Waals surface area (Å²) < 4.78 is 23.5. The maximum atomic E-state index is 12.8.